The fourth-order valence-electron chi connectivity index (χ4n) is 2.44. The molecular weight excluding hydrogens is 469 g/mol. The van der Waals surface area contributed by atoms with Gasteiger partial charge >= 0.3 is 5.97 Å². The molecule has 3 rings (SSSR count). The van der Waals surface area contributed by atoms with E-state index in [-0.39, 0.29) is 15.5 Å². The minimum atomic E-state index is -3.75. The summed E-state index contributed by atoms with van der Waals surface area (Å²) in [6, 6.07) is 9.75. The van der Waals surface area contributed by atoms with E-state index in [4.69, 9.17) is 4.74 Å². The van der Waals surface area contributed by atoms with Crippen molar-refractivity contribution in [3.05, 3.63) is 76.9 Å². The molecule has 0 fully saturated rings. The summed E-state index contributed by atoms with van der Waals surface area (Å²) in [5.74, 6) is -6.63. The molecule has 12 heteroatoms. The van der Waals surface area contributed by atoms with Crippen molar-refractivity contribution in [1.29, 1.82) is 0 Å². The number of carbonyl (C=O) groups is 2. The molecule has 1 atom stereocenters. The Bertz CT molecular complexity index is 1250. The molecule has 1 heterocycles. The standard InChI is InChI=1S/C20H15F3N2O5S2/c1-11(19(26)24-15-9-8-14(21)17(22)18(15)23)30-20(27)12-4-6-13(7-5-12)25-32(28,29)16-3-2-10-31-16/h2-11,25H,1H3,(H,24,26)/t11-/m0/s1. The molecule has 1 amide bonds. The van der Waals surface area contributed by atoms with Crippen LogP contribution in [0.15, 0.2) is 58.1 Å². The van der Waals surface area contributed by atoms with Gasteiger partial charge in [0.05, 0.1) is 11.3 Å². The summed E-state index contributed by atoms with van der Waals surface area (Å²) in [4.78, 5) is 24.3. The minimum Gasteiger partial charge on any atom is -0.449 e. The summed E-state index contributed by atoms with van der Waals surface area (Å²) < 4.78 is 71.8. The van der Waals surface area contributed by atoms with Crippen molar-refractivity contribution in [2.24, 2.45) is 0 Å². The molecule has 32 heavy (non-hydrogen) atoms. The number of ether oxygens (including phenoxy) is 1. The monoisotopic (exact) mass is 484 g/mol. The summed E-state index contributed by atoms with van der Waals surface area (Å²) in [6.07, 6.45) is -1.40. The summed E-state index contributed by atoms with van der Waals surface area (Å²) in [5, 5.41) is 3.63. The van der Waals surface area contributed by atoms with Crippen molar-refractivity contribution in [2.45, 2.75) is 17.2 Å². The molecule has 168 valence electrons. The number of halogens is 3. The third kappa shape index (κ3) is 5.26. The van der Waals surface area contributed by atoms with E-state index in [2.05, 4.69) is 4.72 Å². The van der Waals surface area contributed by atoms with Crippen molar-refractivity contribution < 1.29 is 35.9 Å². The second-order valence-corrected chi connectivity index (χ2v) is 9.23. The Hall–Kier alpha value is -3.38. The van der Waals surface area contributed by atoms with Gasteiger partial charge in [0.15, 0.2) is 23.6 Å². The Kier molecular flexibility index (Phi) is 6.84. The van der Waals surface area contributed by atoms with Crippen LogP contribution in [-0.4, -0.2) is 26.4 Å². The van der Waals surface area contributed by atoms with E-state index in [1.165, 1.54) is 37.3 Å². The number of nitrogens with one attached hydrogen (secondary N) is 2. The van der Waals surface area contributed by atoms with Crippen molar-refractivity contribution >= 4 is 44.6 Å². The lowest BCUT2D eigenvalue weighted by atomic mass is 10.2. The Morgan fingerprint density at radius 3 is 2.31 bits per heavy atom. The van der Waals surface area contributed by atoms with Gasteiger partial charge in [0, 0.05) is 5.69 Å². The second kappa shape index (κ2) is 9.40. The van der Waals surface area contributed by atoms with E-state index in [0.29, 0.717) is 6.07 Å². The first-order valence-corrected chi connectivity index (χ1v) is 11.3. The Morgan fingerprint density at radius 2 is 1.69 bits per heavy atom. The first kappa shape index (κ1) is 23.3. The van der Waals surface area contributed by atoms with Crippen molar-refractivity contribution in [1.82, 2.24) is 0 Å². The predicted octanol–water partition coefficient (Wildman–Crippen LogP) is 4.15. The Morgan fingerprint density at radius 1 is 1.00 bits per heavy atom. The van der Waals surface area contributed by atoms with Crippen LogP contribution < -0.4 is 10.0 Å². The average Bonchev–Trinajstić information content (AvgIpc) is 3.30. The number of benzene rings is 2. The highest BCUT2D eigenvalue weighted by atomic mass is 32.2. The third-order valence-corrected chi connectivity index (χ3v) is 6.86. The van der Waals surface area contributed by atoms with E-state index in [0.717, 1.165) is 17.4 Å². The zero-order valence-electron chi connectivity index (χ0n) is 16.3. The Balaban J connectivity index is 1.61. The van der Waals surface area contributed by atoms with E-state index in [1.807, 2.05) is 5.32 Å². The zero-order chi connectivity index (χ0) is 23.5. The number of amides is 1. The fraction of sp³-hybridized carbons (Fsp3) is 0.100. The van der Waals surface area contributed by atoms with Crippen LogP contribution in [0, 0.1) is 17.5 Å². The van der Waals surface area contributed by atoms with Crippen LogP contribution in [0.4, 0.5) is 24.5 Å². The molecule has 0 radical (unpaired) electrons. The van der Waals surface area contributed by atoms with Crippen LogP contribution in [0.3, 0.4) is 0 Å². The smallest absolute Gasteiger partial charge is 0.338 e. The lowest BCUT2D eigenvalue weighted by molar-refractivity contribution is -0.123. The number of hydrogen-bond acceptors (Lipinski definition) is 6. The van der Waals surface area contributed by atoms with Crippen LogP contribution in [-0.2, 0) is 19.6 Å². The van der Waals surface area contributed by atoms with Gasteiger partial charge in [0.1, 0.15) is 4.21 Å². The first-order valence-electron chi connectivity index (χ1n) is 8.90. The van der Waals surface area contributed by atoms with E-state index >= 15 is 0 Å². The molecular formula is C20H15F3N2O5S2. The molecule has 0 aliphatic rings. The fourth-order valence-corrected chi connectivity index (χ4v) is 4.49. The van der Waals surface area contributed by atoms with Crippen molar-refractivity contribution in [3.63, 3.8) is 0 Å². The molecule has 0 aliphatic carbocycles. The van der Waals surface area contributed by atoms with E-state index in [9.17, 15) is 31.2 Å². The van der Waals surface area contributed by atoms with Crippen molar-refractivity contribution in [2.75, 3.05) is 10.0 Å². The van der Waals surface area contributed by atoms with Crippen LogP contribution >= 0.6 is 11.3 Å². The van der Waals surface area contributed by atoms with Gasteiger partial charge in [-0.1, -0.05) is 6.07 Å². The summed E-state index contributed by atoms with van der Waals surface area (Å²) in [6.45, 7) is 1.20. The topological polar surface area (TPSA) is 102 Å². The summed E-state index contributed by atoms with van der Waals surface area (Å²) in [7, 11) is -3.75. The number of anilines is 2. The van der Waals surface area contributed by atoms with Gasteiger partial charge in [0.25, 0.3) is 15.9 Å². The van der Waals surface area contributed by atoms with Gasteiger partial charge in [-0.2, -0.15) is 0 Å². The maximum atomic E-state index is 13.7. The number of esters is 1. The highest BCUT2D eigenvalue weighted by Crippen LogP contribution is 2.22. The highest BCUT2D eigenvalue weighted by molar-refractivity contribution is 7.94. The van der Waals surface area contributed by atoms with E-state index in [1.54, 1.807) is 11.4 Å². The number of rotatable bonds is 7. The molecule has 3 aromatic rings. The van der Waals surface area contributed by atoms with Gasteiger partial charge in [0.2, 0.25) is 0 Å². The SMILES string of the molecule is C[C@H](OC(=O)c1ccc(NS(=O)(=O)c2cccs2)cc1)C(=O)Nc1ccc(F)c(F)c1F. The van der Waals surface area contributed by atoms with Crippen LogP contribution in [0.25, 0.3) is 0 Å². The second-order valence-electron chi connectivity index (χ2n) is 6.37. The molecule has 0 saturated carbocycles. The lowest BCUT2D eigenvalue weighted by Gasteiger charge is -2.14. The van der Waals surface area contributed by atoms with Crippen LogP contribution in [0.5, 0.6) is 0 Å². The van der Waals surface area contributed by atoms with Gasteiger partial charge in [-0.25, -0.2) is 26.4 Å². The van der Waals surface area contributed by atoms with Crippen LogP contribution in [0.1, 0.15) is 17.3 Å². The first-order chi connectivity index (χ1) is 15.1. The maximum absolute atomic E-state index is 13.7. The molecule has 2 N–H and O–H groups in total. The normalized spacial score (nSPS) is 12.1. The van der Waals surface area contributed by atoms with Crippen LogP contribution in [0.2, 0.25) is 0 Å². The largest absolute Gasteiger partial charge is 0.449 e. The number of thiophene rings is 1. The summed E-state index contributed by atoms with van der Waals surface area (Å²) >= 11 is 1.04. The van der Waals surface area contributed by atoms with Gasteiger partial charge in [-0.05, 0) is 54.8 Å². The van der Waals surface area contributed by atoms with Gasteiger partial charge in [-0.15, -0.1) is 11.3 Å². The average molecular weight is 484 g/mol. The Labute approximate surface area is 184 Å². The van der Waals surface area contributed by atoms with Crippen molar-refractivity contribution in [3.8, 4) is 0 Å². The van der Waals surface area contributed by atoms with E-state index < -0.39 is 51.1 Å². The molecule has 0 bridgehead atoms. The number of sulfonamides is 1. The lowest BCUT2D eigenvalue weighted by Crippen LogP contribution is -2.30. The quantitative estimate of drug-likeness (QED) is 0.388. The number of hydrogen-bond donors (Lipinski definition) is 2. The number of carbonyl (C=O) groups excluding carboxylic acids is 2. The molecule has 0 aliphatic heterocycles. The van der Waals surface area contributed by atoms with Gasteiger partial charge < -0.3 is 10.1 Å². The maximum Gasteiger partial charge on any atom is 0.338 e. The zero-order valence-corrected chi connectivity index (χ0v) is 17.9. The molecule has 0 spiro atoms. The molecule has 0 saturated heterocycles. The minimum absolute atomic E-state index is 0.0164. The van der Waals surface area contributed by atoms with Gasteiger partial charge in [-0.3, -0.25) is 9.52 Å². The third-order valence-electron chi connectivity index (χ3n) is 4.08. The molecule has 7 nitrogen and oxygen atoms in total. The molecule has 0 unspecified atom stereocenters. The predicted molar refractivity (Wildman–Crippen MR) is 111 cm³/mol. The molecule has 2 aromatic carbocycles. The molecule has 1 aromatic heterocycles. The highest BCUT2D eigenvalue weighted by Gasteiger charge is 2.22. The summed E-state index contributed by atoms with van der Waals surface area (Å²) in [5.41, 5.74) is -0.392.